The zero-order chi connectivity index (χ0) is 15.3. The number of carbonyl (C=O) groups excluding carboxylic acids is 1. The average molecular weight is 309 g/mol. The smallest absolute Gasteiger partial charge is 0.446 e. The van der Waals surface area contributed by atoms with Crippen molar-refractivity contribution in [3.63, 3.8) is 0 Å². The lowest BCUT2D eigenvalue weighted by Gasteiger charge is -2.14. The molecule has 1 unspecified atom stereocenters. The molecule has 5 nitrogen and oxygen atoms in total. The summed E-state index contributed by atoms with van der Waals surface area (Å²) in [6.07, 6.45) is 0. The molecule has 110 valence electrons. The maximum Gasteiger partial charge on any atom is 0.446 e. The number of amides is 1. The first kappa shape index (κ1) is 16.3. The lowest BCUT2D eigenvalue weighted by molar-refractivity contribution is -0.140. The number of carboxylic acids is 1. The van der Waals surface area contributed by atoms with Gasteiger partial charge in [0.05, 0.1) is 12.2 Å². The Labute approximate surface area is 115 Å². The van der Waals surface area contributed by atoms with Gasteiger partial charge in [0.1, 0.15) is 0 Å². The normalized spacial score (nSPS) is 12.8. The summed E-state index contributed by atoms with van der Waals surface area (Å²) < 4.78 is 37.0. The standard InChI is InChI=1S/C11H10F3NO4S/c12-11(13,14)20-8-4-2-1-3-6(8)9(17)15-7(5-16)10(18)19/h1-4,7,16H,5H2,(H,15,17)(H,18,19). The number of aliphatic hydroxyl groups is 1. The number of carbonyl (C=O) groups is 2. The van der Waals surface area contributed by atoms with Gasteiger partial charge >= 0.3 is 11.5 Å². The van der Waals surface area contributed by atoms with Gasteiger partial charge in [-0.15, -0.1) is 0 Å². The number of rotatable bonds is 5. The molecule has 1 atom stereocenters. The van der Waals surface area contributed by atoms with E-state index in [9.17, 15) is 22.8 Å². The number of thioether (sulfide) groups is 1. The quantitative estimate of drug-likeness (QED) is 0.717. The molecule has 1 aromatic rings. The van der Waals surface area contributed by atoms with E-state index >= 15 is 0 Å². The van der Waals surface area contributed by atoms with Crippen LogP contribution in [0.5, 0.6) is 0 Å². The molecule has 0 radical (unpaired) electrons. The molecule has 1 aromatic carbocycles. The number of hydrogen-bond donors (Lipinski definition) is 3. The van der Waals surface area contributed by atoms with Gasteiger partial charge < -0.3 is 15.5 Å². The molecule has 3 N–H and O–H groups in total. The number of alkyl halides is 3. The van der Waals surface area contributed by atoms with Crippen molar-refractivity contribution in [1.82, 2.24) is 5.32 Å². The van der Waals surface area contributed by atoms with Crippen molar-refractivity contribution in [3.05, 3.63) is 29.8 Å². The van der Waals surface area contributed by atoms with Crippen LogP contribution in [0.3, 0.4) is 0 Å². The van der Waals surface area contributed by atoms with Crippen molar-refractivity contribution in [2.24, 2.45) is 0 Å². The van der Waals surface area contributed by atoms with E-state index in [4.69, 9.17) is 10.2 Å². The van der Waals surface area contributed by atoms with Crippen LogP contribution in [0.1, 0.15) is 10.4 Å². The van der Waals surface area contributed by atoms with Crippen molar-refractivity contribution < 1.29 is 33.0 Å². The van der Waals surface area contributed by atoms with E-state index in [1.807, 2.05) is 5.32 Å². The summed E-state index contributed by atoms with van der Waals surface area (Å²) in [7, 11) is 0. The highest BCUT2D eigenvalue weighted by Crippen LogP contribution is 2.38. The Morgan fingerprint density at radius 1 is 1.30 bits per heavy atom. The largest absolute Gasteiger partial charge is 0.480 e. The zero-order valence-electron chi connectivity index (χ0n) is 9.85. The Balaban J connectivity index is 2.96. The highest BCUT2D eigenvalue weighted by atomic mass is 32.2. The molecule has 0 aromatic heterocycles. The molecule has 0 heterocycles. The lowest BCUT2D eigenvalue weighted by Crippen LogP contribution is -2.43. The van der Waals surface area contributed by atoms with Crippen molar-refractivity contribution in [1.29, 1.82) is 0 Å². The topological polar surface area (TPSA) is 86.6 Å². The minimum Gasteiger partial charge on any atom is -0.480 e. The van der Waals surface area contributed by atoms with Gasteiger partial charge in [0.15, 0.2) is 6.04 Å². The average Bonchev–Trinajstić information content (AvgIpc) is 2.34. The third-order valence-corrected chi connectivity index (χ3v) is 2.95. The summed E-state index contributed by atoms with van der Waals surface area (Å²) in [6.45, 7) is -0.865. The number of nitrogens with one attached hydrogen (secondary N) is 1. The first-order valence-corrected chi connectivity index (χ1v) is 6.05. The minimum absolute atomic E-state index is 0.311. The summed E-state index contributed by atoms with van der Waals surface area (Å²) in [5, 5.41) is 19.4. The Morgan fingerprint density at radius 3 is 2.40 bits per heavy atom. The highest BCUT2D eigenvalue weighted by molar-refractivity contribution is 8.00. The molecule has 0 aliphatic rings. The van der Waals surface area contributed by atoms with Gasteiger partial charge in [-0.25, -0.2) is 4.79 Å². The van der Waals surface area contributed by atoms with E-state index in [0.717, 1.165) is 12.1 Å². The van der Waals surface area contributed by atoms with Crippen LogP contribution in [0.2, 0.25) is 0 Å². The van der Waals surface area contributed by atoms with Crippen LogP contribution in [0.25, 0.3) is 0 Å². The maximum absolute atomic E-state index is 12.3. The molecule has 0 bridgehead atoms. The Bertz CT molecular complexity index is 507. The summed E-state index contributed by atoms with van der Waals surface area (Å²) in [6, 6.07) is 3.34. The zero-order valence-corrected chi connectivity index (χ0v) is 10.7. The Hall–Kier alpha value is -1.74. The van der Waals surface area contributed by atoms with Crippen LogP contribution >= 0.6 is 11.8 Å². The first-order valence-electron chi connectivity index (χ1n) is 5.24. The van der Waals surface area contributed by atoms with Gasteiger partial charge in [-0.05, 0) is 23.9 Å². The molecule has 20 heavy (non-hydrogen) atoms. The second kappa shape index (κ2) is 6.62. The van der Waals surface area contributed by atoms with Crippen LogP contribution in [-0.4, -0.2) is 40.2 Å². The summed E-state index contributed by atoms with van der Waals surface area (Å²) in [4.78, 5) is 22.1. The molecular formula is C11H10F3NO4S. The van der Waals surface area contributed by atoms with Gasteiger partial charge in [0.25, 0.3) is 5.91 Å². The van der Waals surface area contributed by atoms with Gasteiger partial charge in [0.2, 0.25) is 0 Å². The molecular weight excluding hydrogens is 299 g/mol. The van der Waals surface area contributed by atoms with E-state index in [-0.39, 0.29) is 10.5 Å². The van der Waals surface area contributed by atoms with Crippen LogP contribution < -0.4 is 5.32 Å². The van der Waals surface area contributed by atoms with Crippen LogP contribution in [-0.2, 0) is 4.79 Å². The molecule has 1 amide bonds. The predicted octanol–water partition coefficient (Wildman–Crippen LogP) is 1.47. The van der Waals surface area contributed by atoms with E-state index in [0.29, 0.717) is 0 Å². The van der Waals surface area contributed by atoms with Gasteiger partial charge in [-0.1, -0.05) is 12.1 Å². The van der Waals surface area contributed by atoms with E-state index in [1.165, 1.54) is 12.1 Å². The summed E-state index contributed by atoms with van der Waals surface area (Å²) >= 11 is -0.472. The number of aliphatic hydroxyl groups excluding tert-OH is 1. The van der Waals surface area contributed by atoms with Crippen molar-refractivity contribution in [2.75, 3.05) is 6.61 Å². The van der Waals surface area contributed by atoms with E-state index in [2.05, 4.69) is 0 Å². The third-order valence-electron chi connectivity index (χ3n) is 2.14. The fraction of sp³-hybridized carbons (Fsp3) is 0.273. The lowest BCUT2D eigenvalue weighted by atomic mass is 10.2. The number of aliphatic carboxylic acids is 1. The minimum atomic E-state index is -4.57. The van der Waals surface area contributed by atoms with E-state index in [1.54, 1.807) is 0 Å². The first-order chi connectivity index (χ1) is 9.24. The Kier molecular flexibility index (Phi) is 5.40. The molecule has 0 fully saturated rings. The Morgan fingerprint density at radius 2 is 1.90 bits per heavy atom. The molecule has 9 heteroatoms. The fourth-order valence-electron chi connectivity index (χ4n) is 1.29. The van der Waals surface area contributed by atoms with E-state index < -0.39 is 41.8 Å². The second-order valence-electron chi connectivity index (χ2n) is 3.59. The number of benzene rings is 1. The van der Waals surface area contributed by atoms with Crippen molar-refractivity contribution in [3.8, 4) is 0 Å². The van der Waals surface area contributed by atoms with Gasteiger partial charge in [-0.3, -0.25) is 4.79 Å². The van der Waals surface area contributed by atoms with Gasteiger partial charge in [0, 0.05) is 4.90 Å². The SMILES string of the molecule is O=C(NC(CO)C(=O)O)c1ccccc1SC(F)(F)F. The predicted molar refractivity (Wildman–Crippen MR) is 64.3 cm³/mol. The highest BCUT2D eigenvalue weighted by Gasteiger charge is 2.31. The third kappa shape index (κ3) is 4.74. The number of halogens is 3. The maximum atomic E-state index is 12.3. The fourth-order valence-corrected chi connectivity index (χ4v) is 1.96. The van der Waals surface area contributed by atoms with Gasteiger partial charge in [-0.2, -0.15) is 13.2 Å². The molecule has 0 saturated carbocycles. The second-order valence-corrected chi connectivity index (χ2v) is 4.70. The molecule has 1 rings (SSSR count). The van der Waals surface area contributed by atoms with Crippen LogP contribution in [0.15, 0.2) is 29.2 Å². The number of hydrogen-bond acceptors (Lipinski definition) is 4. The van der Waals surface area contributed by atoms with Crippen LogP contribution in [0, 0.1) is 0 Å². The molecule has 0 aliphatic heterocycles. The molecule has 0 aliphatic carbocycles. The summed E-state index contributed by atoms with van der Waals surface area (Å²) in [5.74, 6) is -2.49. The molecule has 0 saturated heterocycles. The number of carboxylic acid groups (broad SMARTS) is 1. The van der Waals surface area contributed by atoms with Crippen LogP contribution in [0.4, 0.5) is 13.2 Å². The molecule has 0 spiro atoms. The van der Waals surface area contributed by atoms with Crippen molar-refractivity contribution >= 4 is 23.6 Å². The van der Waals surface area contributed by atoms with Crippen molar-refractivity contribution in [2.45, 2.75) is 16.4 Å². The monoisotopic (exact) mass is 309 g/mol. The summed E-state index contributed by atoms with van der Waals surface area (Å²) in [5.41, 5.74) is -4.88.